The van der Waals surface area contributed by atoms with Crippen molar-refractivity contribution in [1.29, 1.82) is 0 Å². The van der Waals surface area contributed by atoms with Crippen molar-refractivity contribution in [3.63, 3.8) is 0 Å². The molecule has 2 fully saturated rings. The zero-order chi connectivity index (χ0) is 20.4. The zero-order valence-corrected chi connectivity index (χ0v) is 16.8. The maximum absolute atomic E-state index is 12.2. The van der Waals surface area contributed by atoms with Crippen LogP contribution in [0.1, 0.15) is 49.7 Å². The summed E-state index contributed by atoms with van der Waals surface area (Å²) in [6.07, 6.45) is 5.61. The number of hydrogen-bond donors (Lipinski definition) is 2. The molecule has 154 valence electrons. The van der Waals surface area contributed by atoms with Crippen molar-refractivity contribution in [1.82, 2.24) is 0 Å². The third-order valence-corrected chi connectivity index (χ3v) is 6.67. The van der Waals surface area contributed by atoms with Crippen molar-refractivity contribution in [2.45, 2.75) is 56.1 Å². The lowest BCUT2D eigenvalue weighted by atomic mass is 9.64. The van der Waals surface area contributed by atoms with Crippen LogP contribution in [0.3, 0.4) is 0 Å². The highest BCUT2D eigenvalue weighted by Gasteiger charge is 2.39. The molecule has 29 heavy (non-hydrogen) atoms. The molecule has 4 rings (SSSR count). The van der Waals surface area contributed by atoms with Gasteiger partial charge < -0.3 is 20.3 Å². The number of esters is 1. The van der Waals surface area contributed by atoms with E-state index in [4.69, 9.17) is 15.2 Å². The van der Waals surface area contributed by atoms with Crippen LogP contribution in [0, 0.1) is 5.92 Å². The number of nitrogens with two attached hydrogens (primary N) is 1. The smallest absolute Gasteiger partial charge is 0.314 e. The Morgan fingerprint density at radius 2 is 1.55 bits per heavy atom. The van der Waals surface area contributed by atoms with Gasteiger partial charge in [0.2, 0.25) is 0 Å². The number of phenols is 1. The standard InChI is InChI=1S/C24H29NO4/c1-28-21-10-12-24(13-11-21,17-2-6-20(26)7-3-17)18-4-8-22(9-5-18)29-23(27)16-14-19(25)15-16/h2-9,16,19,21,26H,10-15,25H2,1H3. The van der Waals surface area contributed by atoms with E-state index >= 15 is 0 Å². The minimum atomic E-state index is -0.187. The number of rotatable bonds is 5. The number of phenolic OH excluding ortho intramolecular Hbond substituents is 1. The van der Waals surface area contributed by atoms with Crippen LogP contribution in [0.5, 0.6) is 11.5 Å². The zero-order valence-electron chi connectivity index (χ0n) is 16.8. The monoisotopic (exact) mass is 395 g/mol. The first-order valence-electron chi connectivity index (χ1n) is 10.4. The maximum atomic E-state index is 12.2. The van der Waals surface area contributed by atoms with E-state index in [0.29, 0.717) is 18.6 Å². The van der Waals surface area contributed by atoms with Crippen molar-refractivity contribution < 1.29 is 19.4 Å². The number of carbonyl (C=O) groups excluding carboxylic acids is 1. The van der Waals surface area contributed by atoms with E-state index in [1.165, 1.54) is 11.1 Å². The van der Waals surface area contributed by atoms with Gasteiger partial charge in [-0.3, -0.25) is 4.79 Å². The van der Waals surface area contributed by atoms with Gasteiger partial charge in [-0.15, -0.1) is 0 Å². The highest BCUT2D eigenvalue weighted by Crippen LogP contribution is 2.46. The lowest BCUT2D eigenvalue weighted by Crippen LogP contribution is -2.42. The van der Waals surface area contributed by atoms with Crippen molar-refractivity contribution in [3.05, 3.63) is 59.7 Å². The molecule has 0 aliphatic heterocycles. The van der Waals surface area contributed by atoms with Gasteiger partial charge in [0.25, 0.3) is 0 Å². The van der Waals surface area contributed by atoms with Crippen molar-refractivity contribution >= 4 is 5.97 Å². The van der Waals surface area contributed by atoms with Crippen LogP contribution in [0.25, 0.3) is 0 Å². The van der Waals surface area contributed by atoms with Crippen LogP contribution in [0.4, 0.5) is 0 Å². The predicted octanol–water partition coefficient (Wildman–Crippen LogP) is 3.91. The molecule has 2 aliphatic carbocycles. The maximum Gasteiger partial charge on any atom is 0.314 e. The topological polar surface area (TPSA) is 81.8 Å². The first-order chi connectivity index (χ1) is 14.0. The summed E-state index contributed by atoms with van der Waals surface area (Å²) in [5.41, 5.74) is 8.03. The Labute approximate surface area is 171 Å². The predicted molar refractivity (Wildman–Crippen MR) is 111 cm³/mol. The fourth-order valence-electron chi connectivity index (χ4n) is 4.74. The Bertz CT molecular complexity index is 832. The molecule has 2 aromatic rings. The van der Waals surface area contributed by atoms with E-state index in [2.05, 4.69) is 12.1 Å². The Morgan fingerprint density at radius 3 is 2.07 bits per heavy atom. The Kier molecular flexibility index (Phi) is 5.61. The largest absolute Gasteiger partial charge is 0.508 e. The first-order valence-corrected chi connectivity index (χ1v) is 10.4. The van der Waals surface area contributed by atoms with Gasteiger partial charge in [0.05, 0.1) is 12.0 Å². The van der Waals surface area contributed by atoms with Gasteiger partial charge in [-0.05, 0) is 73.9 Å². The van der Waals surface area contributed by atoms with Gasteiger partial charge in [0, 0.05) is 18.6 Å². The third-order valence-electron chi connectivity index (χ3n) is 6.67. The van der Waals surface area contributed by atoms with Crippen molar-refractivity contribution in [2.75, 3.05) is 7.11 Å². The highest BCUT2D eigenvalue weighted by atomic mass is 16.5. The van der Waals surface area contributed by atoms with Crippen LogP contribution in [-0.2, 0) is 14.9 Å². The van der Waals surface area contributed by atoms with Gasteiger partial charge >= 0.3 is 5.97 Å². The van der Waals surface area contributed by atoms with Gasteiger partial charge in [-0.1, -0.05) is 24.3 Å². The molecule has 0 saturated heterocycles. The van der Waals surface area contributed by atoms with Gasteiger partial charge in [-0.25, -0.2) is 0 Å². The van der Waals surface area contributed by atoms with Gasteiger partial charge in [0.15, 0.2) is 0 Å². The van der Waals surface area contributed by atoms with E-state index in [-0.39, 0.29) is 35.2 Å². The lowest BCUT2D eigenvalue weighted by Gasteiger charge is -2.41. The summed E-state index contributed by atoms with van der Waals surface area (Å²) in [5.74, 6) is 0.587. The normalized spacial score (nSPS) is 29.1. The minimum Gasteiger partial charge on any atom is -0.508 e. The van der Waals surface area contributed by atoms with Gasteiger partial charge in [-0.2, -0.15) is 0 Å². The highest BCUT2D eigenvalue weighted by molar-refractivity contribution is 5.76. The van der Waals surface area contributed by atoms with Crippen molar-refractivity contribution in [3.8, 4) is 11.5 Å². The fourth-order valence-corrected chi connectivity index (χ4v) is 4.74. The lowest BCUT2D eigenvalue weighted by molar-refractivity contribution is -0.142. The summed E-state index contributed by atoms with van der Waals surface area (Å²) in [7, 11) is 1.77. The number of benzene rings is 2. The molecule has 0 bridgehead atoms. The molecular formula is C24H29NO4. The van der Waals surface area contributed by atoms with Crippen LogP contribution in [0.2, 0.25) is 0 Å². The Hall–Kier alpha value is -2.37. The fraction of sp³-hybridized carbons (Fsp3) is 0.458. The van der Waals surface area contributed by atoms with Gasteiger partial charge in [0.1, 0.15) is 11.5 Å². The molecular weight excluding hydrogens is 366 g/mol. The van der Waals surface area contributed by atoms with E-state index in [1.807, 2.05) is 24.3 Å². The molecule has 0 heterocycles. The summed E-state index contributed by atoms with van der Waals surface area (Å²) in [6, 6.07) is 15.5. The molecule has 0 unspecified atom stereocenters. The number of carbonyl (C=O) groups is 1. The molecule has 2 saturated carbocycles. The average Bonchev–Trinajstić information content (AvgIpc) is 2.72. The number of methoxy groups -OCH3 is 1. The van der Waals surface area contributed by atoms with E-state index < -0.39 is 0 Å². The van der Waals surface area contributed by atoms with Crippen LogP contribution in [-0.4, -0.2) is 30.3 Å². The molecule has 0 atom stereocenters. The van der Waals surface area contributed by atoms with E-state index in [0.717, 1.165) is 25.7 Å². The molecule has 5 nitrogen and oxygen atoms in total. The average molecular weight is 395 g/mol. The van der Waals surface area contributed by atoms with E-state index in [1.54, 1.807) is 19.2 Å². The number of hydrogen-bond acceptors (Lipinski definition) is 5. The Balaban J connectivity index is 1.56. The minimum absolute atomic E-state index is 0.0719. The van der Waals surface area contributed by atoms with Crippen LogP contribution < -0.4 is 10.5 Å². The number of ether oxygens (including phenoxy) is 2. The van der Waals surface area contributed by atoms with Crippen LogP contribution in [0.15, 0.2) is 48.5 Å². The summed E-state index contributed by atoms with van der Waals surface area (Å²) in [5, 5.41) is 9.72. The second-order valence-corrected chi connectivity index (χ2v) is 8.44. The molecule has 2 aliphatic rings. The quantitative estimate of drug-likeness (QED) is 0.593. The van der Waals surface area contributed by atoms with E-state index in [9.17, 15) is 9.90 Å². The SMILES string of the molecule is COC1CCC(c2ccc(O)cc2)(c2ccc(OC(=O)C3CC(N)C3)cc2)CC1. The molecule has 0 radical (unpaired) electrons. The summed E-state index contributed by atoms with van der Waals surface area (Å²) in [6.45, 7) is 0. The molecule has 2 aromatic carbocycles. The molecule has 3 N–H and O–H groups in total. The summed E-state index contributed by atoms with van der Waals surface area (Å²) < 4.78 is 11.1. The Morgan fingerprint density at radius 1 is 1.00 bits per heavy atom. The number of aromatic hydroxyl groups is 1. The molecule has 0 aromatic heterocycles. The molecule has 0 spiro atoms. The molecule has 5 heteroatoms. The second kappa shape index (κ2) is 8.17. The summed E-state index contributed by atoms with van der Waals surface area (Å²) in [4.78, 5) is 12.2. The van der Waals surface area contributed by atoms with Crippen LogP contribution >= 0.6 is 0 Å². The summed E-state index contributed by atoms with van der Waals surface area (Å²) >= 11 is 0. The first kappa shape index (κ1) is 19.9. The second-order valence-electron chi connectivity index (χ2n) is 8.44. The third kappa shape index (κ3) is 4.02. The molecule has 0 amide bonds. The van der Waals surface area contributed by atoms with Crippen molar-refractivity contribution in [2.24, 2.45) is 11.7 Å².